The molecule has 0 aliphatic carbocycles. The highest BCUT2D eigenvalue weighted by atomic mass is 32.2. The monoisotopic (exact) mass is 639 g/mol. The summed E-state index contributed by atoms with van der Waals surface area (Å²) in [5.74, 6) is -3.83. The van der Waals surface area contributed by atoms with E-state index < -0.39 is 52.6 Å². The number of nitrogens with zero attached hydrogens (tertiary/aromatic N) is 5. The highest BCUT2D eigenvalue weighted by Crippen LogP contribution is 2.41. The van der Waals surface area contributed by atoms with Crippen molar-refractivity contribution in [2.45, 2.75) is 44.0 Å². The van der Waals surface area contributed by atoms with Gasteiger partial charge in [-0.3, -0.25) is 19.9 Å². The Morgan fingerprint density at radius 1 is 1.36 bits per heavy atom. The zero-order chi connectivity index (χ0) is 31.1. The molecule has 3 aliphatic rings. The third kappa shape index (κ3) is 5.94. The maximum absolute atomic E-state index is 13.2. The van der Waals surface area contributed by atoms with Crippen LogP contribution in [0.25, 0.3) is 0 Å². The van der Waals surface area contributed by atoms with Crippen molar-refractivity contribution in [3.8, 4) is 0 Å². The van der Waals surface area contributed by atoms with Crippen molar-refractivity contribution in [1.82, 2.24) is 20.1 Å². The smallest absolute Gasteiger partial charge is 0.352 e. The van der Waals surface area contributed by atoms with Gasteiger partial charge in [-0.05, 0) is 19.4 Å². The van der Waals surface area contributed by atoms with Crippen molar-refractivity contribution < 1.29 is 34.2 Å². The standard InChI is InChI=1S/C23H29N9O7S3/c1-8-14(24)29-22(31(4)15(8)25)42-6-9-5-40-18-12(17(34)32(18)13(9)19(35)36)28-16(33)11(10-7-41-21(26)27-10)30-39-23(2,3)20(37)38/h7-8,12,15,18,24H,5-6,25H2,1-4H3,(H2,26,27)(H,28,33)(H,35,36)(H,37,38)/t8?,12?,15?,18-/m0/s1. The summed E-state index contributed by atoms with van der Waals surface area (Å²) < 4.78 is 0. The lowest BCUT2D eigenvalue weighted by Gasteiger charge is -2.49. The fraction of sp³-hybridized carbons (Fsp3) is 0.478. The van der Waals surface area contributed by atoms with Crippen molar-refractivity contribution >= 4 is 80.5 Å². The number of nitrogens with two attached hydrogens (primary N) is 2. The van der Waals surface area contributed by atoms with Gasteiger partial charge in [0, 0.05) is 29.9 Å². The second-order valence-corrected chi connectivity index (χ2v) is 12.9. The van der Waals surface area contributed by atoms with Crippen LogP contribution in [0.3, 0.4) is 0 Å². The summed E-state index contributed by atoms with van der Waals surface area (Å²) in [7, 11) is 1.75. The zero-order valence-corrected chi connectivity index (χ0v) is 25.3. The van der Waals surface area contributed by atoms with Crippen LogP contribution in [0.2, 0.25) is 0 Å². The maximum Gasteiger partial charge on any atom is 0.352 e. The Morgan fingerprint density at radius 3 is 2.64 bits per heavy atom. The normalized spacial score (nSPS) is 24.6. The van der Waals surface area contributed by atoms with Crippen molar-refractivity contribution in [2.24, 2.45) is 21.8 Å². The third-order valence-corrected chi connectivity index (χ3v) is 9.82. The number of fused-ring (bicyclic) bond motifs is 1. The Balaban J connectivity index is 1.51. The van der Waals surface area contributed by atoms with E-state index >= 15 is 0 Å². The number of nitrogen functional groups attached to an aromatic ring is 1. The minimum Gasteiger partial charge on any atom is -0.478 e. The number of rotatable bonds is 9. The fourth-order valence-corrected chi connectivity index (χ4v) is 7.05. The second kappa shape index (κ2) is 11.9. The molecule has 0 bridgehead atoms. The van der Waals surface area contributed by atoms with Gasteiger partial charge in [0.05, 0.1) is 6.17 Å². The van der Waals surface area contributed by atoms with E-state index in [9.17, 15) is 29.4 Å². The molecule has 0 radical (unpaired) electrons. The first kappa shape index (κ1) is 31.3. The SMILES string of the molecule is CC1C(=N)N=C(SCC2=C(C(=O)O)N3C(=O)C(NC(=O)C(=NOC(C)(C)C(=O)O)c4csc(N)n4)[C@@H]3SC2)N(C)C1N. The van der Waals surface area contributed by atoms with Crippen LogP contribution in [-0.4, -0.2) is 107 Å². The van der Waals surface area contributed by atoms with Gasteiger partial charge in [-0.2, -0.15) is 0 Å². The zero-order valence-electron chi connectivity index (χ0n) is 22.9. The topological polar surface area (TPSA) is 250 Å². The lowest BCUT2D eigenvalue weighted by atomic mass is 10.0. The van der Waals surface area contributed by atoms with Gasteiger partial charge < -0.3 is 36.7 Å². The van der Waals surface area contributed by atoms with E-state index in [0.717, 1.165) is 16.2 Å². The second-order valence-electron chi connectivity index (χ2n) is 9.99. The van der Waals surface area contributed by atoms with Crippen LogP contribution in [0.15, 0.2) is 26.8 Å². The summed E-state index contributed by atoms with van der Waals surface area (Å²) in [6, 6.07) is -1.09. The molecular formula is C23H29N9O7S3. The van der Waals surface area contributed by atoms with Gasteiger partial charge in [-0.25, -0.2) is 19.6 Å². The van der Waals surface area contributed by atoms with Crippen molar-refractivity contribution in [3.63, 3.8) is 0 Å². The largest absolute Gasteiger partial charge is 0.478 e. The van der Waals surface area contributed by atoms with E-state index in [2.05, 4.69) is 20.4 Å². The molecule has 1 aromatic heterocycles. The highest BCUT2D eigenvalue weighted by Gasteiger charge is 2.54. The predicted molar refractivity (Wildman–Crippen MR) is 158 cm³/mol. The molecule has 0 saturated carbocycles. The maximum atomic E-state index is 13.2. The van der Waals surface area contributed by atoms with Crippen molar-refractivity contribution in [3.05, 3.63) is 22.3 Å². The van der Waals surface area contributed by atoms with Gasteiger partial charge >= 0.3 is 11.9 Å². The van der Waals surface area contributed by atoms with Gasteiger partial charge in [0.25, 0.3) is 11.8 Å². The van der Waals surface area contributed by atoms with Gasteiger partial charge in [-0.1, -0.05) is 23.8 Å². The number of hydrogen-bond acceptors (Lipinski definition) is 14. The molecule has 42 heavy (non-hydrogen) atoms. The summed E-state index contributed by atoms with van der Waals surface area (Å²) >= 11 is 3.51. The number of aromatic nitrogens is 1. The first-order valence-corrected chi connectivity index (χ1v) is 15.3. The number of aliphatic imine (C=N–C) groups is 1. The number of nitrogens with one attached hydrogen (secondary N) is 2. The summed E-state index contributed by atoms with van der Waals surface area (Å²) in [5, 5.41) is 34.9. The molecule has 226 valence electrons. The number of carboxylic acids is 2. The average Bonchev–Trinajstić information content (AvgIpc) is 3.36. The van der Waals surface area contributed by atoms with E-state index in [1.54, 1.807) is 18.9 Å². The minimum absolute atomic E-state index is 0.0133. The van der Waals surface area contributed by atoms with E-state index in [1.807, 2.05) is 0 Å². The number of thiazole rings is 1. The Hall–Kier alpha value is -3.68. The van der Waals surface area contributed by atoms with Crippen LogP contribution in [0.4, 0.5) is 5.13 Å². The van der Waals surface area contributed by atoms with E-state index in [4.69, 9.17) is 21.7 Å². The lowest BCUT2D eigenvalue weighted by molar-refractivity contribution is -0.161. The number of anilines is 1. The molecule has 1 aromatic rings. The number of aliphatic carboxylic acids is 2. The molecule has 0 spiro atoms. The van der Waals surface area contributed by atoms with E-state index in [1.165, 1.54) is 42.8 Å². The van der Waals surface area contributed by atoms with Crippen LogP contribution in [0.1, 0.15) is 26.5 Å². The lowest BCUT2D eigenvalue weighted by Crippen LogP contribution is -2.71. The van der Waals surface area contributed by atoms with Crippen LogP contribution in [-0.2, 0) is 24.0 Å². The molecule has 4 atom stereocenters. The van der Waals surface area contributed by atoms with E-state index in [0.29, 0.717) is 10.7 Å². The highest BCUT2D eigenvalue weighted by molar-refractivity contribution is 8.14. The molecule has 4 rings (SSSR count). The molecule has 0 aromatic carbocycles. The summed E-state index contributed by atoms with van der Waals surface area (Å²) in [5.41, 5.74) is 9.99. The number of amidine groups is 2. The number of oxime groups is 1. The fourth-order valence-electron chi connectivity index (χ4n) is 4.00. The third-order valence-electron chi connectivity index (χ3n) is 6.68. The molecule has 3 unspecified atom stereocenters. The van der Waals surface area contributed by atoms with Crippen LogP contribution < -0.4 is 16.8 Å². The Bertz CT molecular complexity index is 1440. The summed E-state index contributed by atoms with van der Waals surface area (Å²) in [4.78, 5) is 66.3. The number of hydrogen-bond donors (Lipinski definition) is 6. The number of carbonyl (C=O) groups is 4. The Morgan fingerprint density at radius 2 is 2.05 bits per heavy atom. The molecule has 2 amide bonds. The van der Waals surface area contributed by atoms with Crippen LogP contribution in [0.5, 0.6) is 0 Å². The molecule has 16 nitrogen and oxygen atoms in total. The molecule has 3 aliphatic heterocycles. The number of carbonyl (C=O) groups excluding carboxylic acids is 2. The Labute approximate surface area is 252 Å². The molecular weight excluding hydrogens is 611 g/mol. The van der Waals surface area contributed by atoms with Gasteiger partial charge in [0.1, 0.15) is 28.6 Å². The van der Waals surface area contributed by atoms with E-state index in [-0.39, 0.29) is 39.8 Å². The number of carboxylic acid groups (broad SMARTS) is 2. The quantitative estimate of drug-likeness (QED) is 0.118. The summed E-state index contributed by atoms with van der Waals surface area (Å²) in [6.45, 7) is 4.28. The van der Waals surface area contributed by atoms with Crippen molar-refractivity contribution in [2.75, 3.05) is 24.3 Å². The van der Waals surface area contributed by atoms with Gasteiger partial charge in [0.2, 0.25) is 5.60 Å². The molecule has 19 heteroatoms. The first-order chi connectivity index (χ1) is 19.6. The number of thioether (sulfide) groups is 2. The molecule has 1 saturated heterocycles. The number of β-lactam (4-membered cyclic amide) rings is 1. The molecule has 1 fully saturated rings. The number of amides is 2. The van der Waals surface area contributed by atoms with Gasteiger partial charge in [-0.15, -0.1) is 23.1 Å². The predicted octanol–water partition coefficient (Wildman–Crippen LogP) is -0.0194. The average molecular weight is 640 g/mol. The van der Waals surface area contributed by atoms with Crippen LogP contribution >= 0.6 is 34.9 Å². The van der Waals surface area contributed by atoms with Crippen molar-refractivity contribution in [1.29, 1.82) is 5.41 Å². The first-order valence-electron chi connectivity index (χ1n) is 12.3. The minimum atomic E-state index is -1.77. The molecule has 8 N–H and O–H groups in total. The Kier molecular flexibility index (Phi) is 8.86. The summed E-state index contributed by atoms with van der Waals surface area (Å²) in [6.07, 6.45) is -0.452. The van der Waals surface area contributed by atoms with Gasteiger partial charge in [0.15, 0.2) is 16.0 Å². The van der Waals surface area contributed by atoms with Crippen LogP contribution in [0, 0.1) is 11.3 Å². The molecule has 4 heterocycles.